The Balaban J connectivity index is 1.02. The summed E-state index contributed by atoms with van der Waals surface area (Å²) in [5.74, 6) is -3.39. The van der Waals surface area contributed by atoms with Crippen LogP contribution in [0.3, 0.4) is 0 Å². The maximum absolute atomic E-state index is 14.1. The summed E-state index contributed by atoms with van der Waals surface area (Å²) in [7, 11) is 0. The predicted octanol–water partition coefficient (Wildman–Crippen LogP) is 9.30. The minimum Gasteiger partial charge on any atom is -0.462 e. The highest BCUT2D eigenvalue weighted by atomic mass is 19.1. The Bertz CT molecular complexity index is 2470. The summed E-state index contributed by atoms with van der Waals surface area (Å²) >= 11 is 0. The first-order chi connectivity index (χ1) is 33.3. The Morgan fingerprint density at radius 3 is 2.30 bits per heavy atom. The molecule has 0 radical (unpaired) electrons. The molecule has 13 nitrogen and oxygen atoms in total. The average Bonchev–Trinajstić information content (AvgIpc) is 3.30. The molecule has 10 unspecified atom stereocenters. The van der Waals surface area contributed by atoms with Crippen LogP contribution in [0.1, 0.15) is 128 Å². The number of fused-ring (bicyclic) bond motifs is 1. The SMILES string of the molecule is CCC(C)(C)C(=O)OC1CC(C)C(C(=O)NCCC(=O)Oc2ccc(C3C(CCC(OC(C)=O)c4ccc(C)cc4)C(=O)N3c3ccc(F)cc3)cc2)=C2C=CC(C)C(CCC3CC(O)CC(=O)O3)C21. The summed E-state index contributed by atoms with van der Waals surface area (Å²) in [6, 6.07) is 19.9. The Hall–Kier alpha value is -6.15. The summed E-state index contributed by atoms with van der Waals surface area (Å²) in [5.41, 5.74) is 3.86. The molecule has 2 fully saturated rings. The first-order valence-electron chi connectivity index (χ1n) is 24.8. The second-order valence-electron chi connectivity index (χ2n) is 20.2. The molecular weight excluding hydrogens is 896 g/mol. The van der Waals surface area contributed by atoms with Crippen molar-refractivity contribution in [2.24, 2.45) is 35.0 Å². The van der Waals surface area contributed by atoms with E-state index in [1.165, 1.54) is 19.1 Å². The average molecular weight is 963 g/mol. The van der Waals surface area contributed by atoms with Crippen LogP contribution in [-0.4, -0.2) is 65.7 Å². The van der Waals surface area contributed by atoms with E-state index in [-0.39, 0.29) is 66.6 Å². The molecule has 3 aromatic rings. The van der Waals surface area contributed by atoms with Gasteiger partial charge >= 0.3 is 23.9 Å². The Morgan fingerprint density at radius 1 is 0.943 bits per heavy atom. The largest absolute Gasteiger partial charge is 0.462 e. The van der Waals surface area contributed by atoms with Crippen LogP contribution in [-0.2, 0) is 43.0 Å². The number of hydrogen-bond donors (Lipinski definition) is 2. The van der Waals surface area contributed by atoms with Crippen LogP contribution in [0, 0.1) is 47.7 Å². The number of hydrogen-bond acceptors (Lipinski definition) is 11. The zero-order valence-corrected chi connectivity index (χ0v) is 41.3. The van der Waals surface area contributed by atoms with E-state index < -0.39 is 65.5 Å². The molecule has 2 aliphatic carbocycles. The Morgan fingerprint density at radius 2 is 1.64 bits per heavy atom. The number of aryl methyl sites for hydroxylation is 1. The maximum atomic E-state index is 14.1. The lowest BCUT2D eigenvalue weighted by Crippen LogP contribution is -2.55. The number of allylic oxidation sites excluding steroid dienone is 2. The van der Waals surface area contributed by atoms with Gasteiger partial charge in [0.15, 0.2) is 0 Å². The number of nitrogens with zero attached hydrogens (tertiary/aromatic N) is 1. The van der Waals surface area contributed by atoms with Crippen LogP contribution >= 0.6 is 0 Å². The van der Waals surface area contributed by atoms with Gasteiger partial charge in [-0.25, -0.2) is 4.39 Å². The fraction of sp³-hybridized carbons (Fsp3) is 0.500. The van der Waals surface area contributed by atoms with Crippen molar-refractivity contribution in [1.82, 2.24) is 5.32 Å². The number of rotatable bonds is 18. The molecule has 7 rings (SSSR count). The first kappa shape index (κ1) is 51.7. The first-order valence-corrected chi connectivity index (χ1v) is 24.8. The van der Waals surface area contributed by atoms with Crippen molar-refractivity contribution in [2.45, 2.75) is 137 Å². The molecule has 0 saturated carbocycles. The summed E-state index contributed by atoms with van der Waals surface area (Å²) in [6.45, 7) is 13.0. The van der Waals surface area contributed by atoms with Gasteiger partial charge < -0.3 is 34.3 Å². The van der Waals surface area contributed by atoms with Crippen LogP contribution < -0.4 is 15.0 Å². The number of β-lactam (4-membered cyclic amide) rings is 1. The normalized spacial score (nSPS) is 25.8. The number of halogens is 1. The number of amides is 2. The molecule has 14 heteroatoms. The highest BCUT2D eigenvalue weighted by molar-refractivity contribution is 6.03. The molecule has 10 atom stereocenters. The van der Waals surface area contributed by atoms with Crippen LogP contribution in [0.5, 0.6) is 5.75 Å². The maximum Gasteiger partial charge on any atom is 0.312 e. The molecule has 3 aromatic carbocycles. The molecule has 2 N–H and O–H groups in total. The van der Waals surface area contributed by atoms with Crippen LogP contribution in [0.4, 0.5) is 10.1 Å². The quantitative estimate of drug-likeness (QED) is 0.0538. The molecule has 0 spiro atoms. The number of carbonyl (C=O) groups excluding carboxylic acids is 6. The smallest absolute Gasteiger partial charge is 0.312 e. The van der Waals surface area contributed by atoms with Crippen molar-refractivity contribution < 1.29 is 57.2 Å². The molecule has 0 aromatic heterocycles. The van der Waals surface area contributed by atoms with Gasteiger partial charge in [0.25, 0.3) is 0 Å². The van der Waals surface area contributed by atoms with Gasteiger partial charge in [-0.3, -0.25) is 28.8 Å². The summed E-state index contributed by atoms with van der Waals surface area (Å²) in [4.78, 5) is 80.6. The third kappa shape index (κ3) is 12.1. The summed E-state index contributed by atoms with van der Waals surface area (Å²) in [6.07, 6.45) is 4.96. The number of ether oxygens (including phenoxy) is 4. The second kappa shape index (κ2) is 22.3. The lowest BCUT2D eigenvalue weighted by atomic mass is 9.63. The number of aliphatic hydroxyl groups excluding tert-OH is 1. The fourth-order valence-corrected chi connectivity index (χ4v) is 10.5. The van der Waals surface area contributed by atoms with E-state index in [1.807, 2.05) is 65.0 Å². The molecule has 2 aliphatic heterocycles. The summed E-state index contributed by atoms with van der Waals surface area (Å²) in [5, 5.41) is 13.2. The third-order valence-corrected chi connectivity index (χ3v) is 14.7. The Kier molecular flexibility index (Phi) is 16.5. The molecule has 2 saturated heterocycles. The van der Waals surface area contributed by atoms with Gasteiger partial charge in [-0.05, 0) is 130 Å². The molecule has 2 heterocycles. The molecule has 70 heavy (non-hydrogen) atoms. The van der Waals surface area contributed by atoms with Gasteiger partial charge in [-0.15, -0.1) is 0 Å². The van der Waals surface area contributed by atoms with Crippen molar-refractivity contribution in [1.29, 1.82) is 0 Å². The van der Waals surface area contributed by atoms with Gasteiger partial charge in [0.2, 0.25) is 11.8 Å². The zero-order chi connectivity index (χ0) is 50.4. The minimum atomic E-state index is -0.754. The predicted molar refractivity (Wildman–Crippen MR) is 259 cm³/mol. The van der Waals surface area contributed by atoms with Gasteiger partial charge in [-0.2, -0.15) is 0 Å². The second-order valence-corrected chi connectivity index (χ2v) is 20.2. The van der Waals surface area contributed by atoms with Crippen molar-refractivity contribution in [3.63, 3.8) is 0 Å². The minimum absolute atomic E-state index is 0.00135. The molecule has 0 bridgehead atoms. The summed E-state index contributed by atoms with van der Waals surface area (Å²) < 4.78 is 37.3. The fourth-order valence-electron chi connectivity index (χ4n) is 10.5. The third-order valence-electron chi connectivity index (χ3n) is 14.7. The molecule has 374 valence electrons. The van der Waals surface area contributed by atoms with Gasteiger partial charge in [0.1, 0.15) is 29.9 Å². The van der Waals surface area contributed by atoms with E-state index in [9.17, 15) is 38.3 Å². The lowest BCUT2D eigenvalue weighted by molar-refractivity contribution is -0.166. The number of anilines is 1. The van der Waals surface area contributed by atoms with E-state index in [4.69, 9.17) is 18.9 Å². The van der Waals surface area contributed by atoms with E-state index >= 15 is 0 Å². The molecular formula is C56H67FN2O11. The number of carbonyl (C=O) groups is 6. The van der Waals surface area contributed by atoms with E-state index in [1.54, 1.807) is 41.3 Å². The van der Waals surface area contributed by atoms with Crippen molar-refractivity contribution in [3.05, 3.63) is 119 Å². The van der Waals surface area contributed by atoms with E-state index in [2.05, 4.69) is 18.3 Å². The van der Waals surface area contributed by atoms with Gasteiger partial charge in [0.05, 0.1) is 36.3 Å². The van der Waals surface area contributed by atoms with Crippen LogP contribution in [0.15, 0.2) is 96.1 Å². The number of cyclic esters (lactones) is 1. The van der Waals surface area contributed by atoms with Crippen LogP contribution in [0.25, 0.3) is 0 Å². The monoisotopic (exact) mass is 962 g/mol. The van der Waals surface area contributed by atoms with Crippen LogP contribution in [0.2, 0.25) is 0 Å². The zero-order valence-electron chi connectivity index (χ0n) is 41.3. The number of benzene rings is 3. The Labute approximate surface area is 410 Å². The van der Waals surface area contributed by atoms with E-state index in [0.29, 0.717) is 56.2 Å². The van der Waals surface area contributed by atoms with Crippen molar-refractivity contribution in [2.75, 3.05) is 11.4 Å². The van der Waals surface area contributed by atoms with Gasteiger partial charge in [-0.1, -0.05) is 74.9 Å². The molecule has 2 amide bonds. The standard InChI is InChI=1S/C56H67FN2O11/c1-8-56(6,7)55(66)70-47-29-34(4)50(44-23-11-33(3)43(51(44)47)24-22-42-30-40(61)31-49(63)69-42)53(64)58-28-27-48(62)68-41-20-14-37(15-21-41)52-45(54(65)59(52)39-18-16-38(57)17-19-39)25-26-46(67-35(5)60)36-12-9-32(2)10-13-36/h9-21,23,33-34,40,42-43,45-47,51-52,61H,8,22,24-31H2,1-7H3,(H,58,64). The van der Waals surface area contributed by atoms with Crippen molar-refractivity contribution >= 4 is 41.4 Å². The van der Waals surface area contributed by atoms with E-state index in [0.717, 1.165) is 22.3 Å². The number of esters is 4. The van der Waals surface area contributed by atoms with Gasteiger partial charge in [0, 0.05) is 37.1 Å². The van der Waals surface area contributed by atoms with Crippen molar-refractivity contribution in [3.8, 4) is 5.75 Å². The topological polar surface area (TPSA) is 175 Å². The number of aliphatic hydroxyl groups is 1. The highest BCUT2D eigenvalue weighted by Crippen LogP contribution is 2.49. The lowest BCUT2D eigenvalue weighted by Gasteiger charge is -2.48. The highest BCUT2D eigenvalue weighted by Gasteiger charge is 2.49. The number of nitrogens with one attached hydrogen (secondary N) is 1. The molecule has 4 aliphatic rings.